The minimum absolute atomic E-state index is 0.309. The zero-order valence-corrected chi connectivity index (χ0v) is 17.1. The Kier molecular flexibility index (Phi) is 5.61. The van der Waals surface area contributed by atoms with Crippen LogP contribution in [0.15, 0.2) is 53.6 Å². The first-order valence-electron chi connectivity index (χ1n) is 9.08. The SMILES string of the molecule is O=C(NO)c1cnc(CN2CCN(S(=O)(=O)c3ccc4ccccc4c3)CC2)s1. The van der Waals surface area contributed by atoms with Crippen LogP contribution in [0.25, 0.3) is 10.8 Å². The maximum atomic E-state index is 13.0. The molecule has 2 N–H and O–H groups in total. The van der Waals surface area contributed by atoms with Crippen molar-refractivity contribution >= 4 is 38.0 Å². The molecule has 0 bridgehead atoms. The molecule has 0 aliphatic carbocycles. The predicted molar refractivity (Wildman–Crippen MR) is 109 cm³/mol. The number of hydrogen-bond donors (Lipinski definition) is 2. The standard InChI is InChI=1S/C19H20N4O4S2/c24-19(21-25)17-12-20-18(28-17)13-22-7-9-23(10-8-22)29(26,27)16-6-5-14-3-1-2-4-15(14)11-16/h1-6,11-12,25H,7-10,13H2,(H,21,24). The molecule has 0 radical (unpaired) electrons. The Morgan fingerprint density at radius 2 is 1.83 bits per heavy atom. The Hall–Kier alpha value is -2.37. The van der Waals surface area contributed by atoms with Gasteiger partial charge < -0.3 is 0 Å². The first kappa shape index (κ1) is 19.9. The van der Waals surface area contributed by atoms with Gasteiger partial charge in [-0.05, 0) is 22.9 Å². The summed E-state index contributed by atoms with van der Waals surface area (Å²) in [7, 11) is -3.55. The summed E-state index contributed by atoms with van der Waals surface area (Å²) in [6.07, 6.45) is 1.42. The van der Waals surface area contributed by atoms with Gasteiger partial charge in [0.05, 0.1) is 17.6 Å². The largest absolute Gasteiger partial charge is 0.294 e. The van der Waals surface area contributed by atoms with Crippen LogP contribution in [0.2, 0.25) is 0 Å². The molecule has 1 amide bonds. The molecule has 1 aromatic heterocycles. The lowest BCUT2D eigenvalue weighted by molar-refractivity contribution is 0.0710. The van der Waals surface area contributed by atoms with E-state index in [0.29, 0.717) is 42.5 Å². The van der Waals surface area contributed by atoms with Gasteiger partial charge in [-0.3, -0.25) is 14.9 Å². The number of sulfonamides is 1. The van der Waals surface area contributed by atoms with Gasteiger partial charge in [0.25, 0.3) is 5.91 Å². The van der Waals surface area contributed by atoms with Crippen LogP contribution in [0, 0.1) is 0 Å². The number of aromatic nitrogens is 1. The number of thiazole rings is 1. The summed E-state index contributed by atoms with van der Waals surface area (Å²) in [5.41, 5.74) is 1.59. The van der Waals surface area contributed by atoms with Crippen molar-refractivity contribution < 1.29 is 18.4 Å². The Morgan fingerprint density at radius 3 is 2.55 bits per heavy atom. The second kappa shape index (κ2) is 8.17. The molecule has 1 saturated heterocycles. The van der Waals surface area contributed by atoms with Gasteiger partial charge in [0.1, 0.15) is 9.88 Å². The molecule has 1 aliphatic heterocycles. The lowest BCUT2D eigenvalue weighted by Crippen LogP contribution is -2.48. The zero-order chi connectivity index (χ0) is 20.4. The minimum atomic E-state index is -3.55. The molecule has 8 nitrogen and oxygen atoms in total. The van der Waals surface area contributed by atoms with E-state index in [4.69, 9.17) is 5.21 Å². The lowest BCUT2D eigenvalue weighted by atomic mass is 10.1. The van der Waals surface area contributed by atoms with E-state index >= 15 is 0 Å². The van der Waals surface area contributed by atoms with Crippen molar-refractivity contribution in [2.45, 2.75) is 11.4 Å². The molecule has 0 spiro atoms. The van der Waals surface area contributed by atoms with E-state index < -0.39 is 15.9 Å². The van der Waals surface area contributed by atoms with Gasteiger partial charge in [-0.25, -0.2) is 18.9 Å². The van der Waals surface area contributed by atoms with Crippen LogP contribution in [0.3, 0.4) is 0 Å². The maximum Gasteiger partial charge on any atom is 0.286 e. The molecule has 3 aromatic rings. The van der Waals surface area contributed by atoms with Crippen molar-refractivity contribution in [2.75, 3.05) is 26.2 Å². The normalized spacial score (nSPS) is 16.2. The fraction of sp³-hybridized carbons (Fsp3) is 0.263. The fourth-order valence-electron chi connectivity index (χ4n) is 3.34. The first-order valence-corrected chi connectivity index (χ1v) is 11.3. The molecule has 10 heteroatoms. The van der Waals surface area contributed by atoms with Crippen LogP contribution in [0.5, 0.6) is 0 Å². The third-order valence-corrected chi connectivity index (χ3v) is 7.80. The van der Waals surface area contributed by atoms with Gasteiger partial charge in [-0.1, -0.05) is 30.3 Å². The summed E-state index contributed by atoms with van der Waals surface area (Å²) in [6, 6.07) is 12.9. The highest BCUT2D eigenvalue weighted by Gasteiger charge is 2.29. The van der Waals surface area contributed by atoms with E-state index in [2.05, 4.69) is 9.88 Å². The van der Waals surface area contributed by atoms with E-state index in [1.807, 2.05) is 30.3 Å². The summed E-state index contributed by atoms with van der Waals surface area (Å²) >= 11 is 1.21. The van der Waals surface area contributed by atoms with Crippen LogP contribution in [-0.4, -0.2) is 59.9 Å². The molecule has 0 unspecified atom stereocenters. The van der Waals surface area contributed by atoms with Crippen LogP contribution < -0.4 is 5.48 Å². The van der Waals surface area contributed by atoms with Gasteiger partial charge in [0, 0.05) is 26.2 Å². The number of nitrogens with zero attached hydrogens (tertiary/aromatic N) is 3. The van der Waals surface area contributed by atoms with Gasteiger partial charge in [0.15, 0.2) is 0 Å². The quantitative estimate of drug-likeness (QED) is 0.472. The predicted octanol–water partition coefficient (Wildman–Crippen LogP) is 1.92. The topological polar surface area (TPSA) is 103 Å². The molecule has 1 fully saturated rings. The number of hydroxylamine groups is 1. The fourth-order valence-corrected chi connectivity index (χ4v) is 5.65. The number of nitrogens with one attached hydrogen (secondary N) is 1. The maximum absolute atomic E-state index is 13.0. The summed E-state index contributed by atoms with van der Waals surface area (Å²) in [6.45, 7) is 2.48. The lowest BCUT2D eigenvalue weighted by Gasteiger charge is -2.33. The van der Waals surface area contributed by atoms with Gasteiger partial charge in [0.2, 0.25) is 10.0 Å². The number of fused-ring (bicyclic) bond motifs is 1. The van der Waals surface area contributed by atoms with Crippen LogP contribution in [-0.2, 0) is 16.6 Å². The van der Waals surface area contributed by atoms with E-state index in [9.17, 15) is 13.2 Å². The van der Waals surface area contributed by atoms with E-state index in [-0.39, 0.29) is 0 Å². The molecule has 29 heavy (non-hydrogen) atoms. The van der Waals surface area contributed by atoms with Crippen LogP contribution in [0.1, 0.15) is 14.7 Å². The molecular weight excluding hydrogens is 412 g/mol. The molecule has 0 atom stereocenters. The van der Waals surface area contributed by atoms with Crippen LogP contribution >= 0.6 is 11.3 Å². The van der Waals surface area contributed by atoms with Crippen molar-refractivity contribution in [3.63, 3.8) is 0 Å². The van der Waals surface area contributed by atoms with E-state index in [1.165, 1.54) is 21.8 Å². The molecule has 0 saturated carbocycles. The summed E-state index contributed by atoms with van der Waals surface area (Å²) < 4.78 is 27.6. The number of rotatable bonds is 5. The third-order valence-electron chi connectivity index (χ3n) is 4.93. The third kappa shape index (κ3) is 4.16. The molecular formula is C19H20N4O4S2. The Labute approximate surface area is 172 Å². The second-order valence-corrected chi connectivity index (χ2v) is 9.80. The highest BCUT2D eigenvalue weighted by atomic mass is 32.2. The van der Waals surface area contributed by atoms with E-state index in [0.717, 1.165) is 15.8 Å². The Bertz CT molecular complexity index is 1140. The van der Waals surface area contributed by atoms with Crippen molar-refractivity contribution in [3.8, 4) is 0 Å². The number of carbonyl (C=O) groups is 1. The molecule has 152 valence electrons. The highest BCUT2D eigenvalue weighted by Crippen LogP contribution is 2.23. The first-order chi connectivity index (χ1) is 14.0. The van der Waals surface area contributed by atoms with Crippen molar-refractivity contribution in [1.82, 2.24) is 19.7 Å². The molecule has 2 aromatic carbocycles. The number of hydrogen-bond acceptors (Lipinski definition) is 7. The van der Waals surface area contributed by atoms with Crippen LogP contribution in [0.4, 0.5) is 0 Å². The highest BCUT2D eigenvalue weighted by molar-refractivity contribution is 7.89. The van der Waals surface area contributed by atoms with Crippen molar-refractivity contribution in [3.05, 3.63) is 58.5 Å². The summed E-state index contributed by atoms with van der Waals surface area (Å²) in [5.74, 6) is -0.583. The zero-order valence-electron chi connectivity index (χ0n) is 15.5. The summed E-state index contributed by atoms with van der Waals surface area (Å²) in [5, 5.41) is 11.3. The monoisotopic (exact) mass is 432 g/mol. The summed E-state index contributed by atoms with van der Waals surface area (Å²) in [4.78, 5) is 18.4. The van der Waals surface area contributed by atoms with E-state index in [1.54, 1.807) is 17.6 Å². The average molecular weight is 433 g/mol. The molecule has 4 rings (SSSR count). The van der Waals surface area contributed by atoms with Gasteiger partial charge in [-0.2, -0.15) is 4.31 Å². The smallest absolute Gasteiger partial charge is 0.286 e. The molecule has 1 aliphatic rings. The Morgan fingerprint density at radius 1 is 1.10 bits per heavy atom. The number of carbonyl (C=O) groups excluding carboxylic acids is 1. The minimum Gasteiger partial charge on any atom is -0.294 e. The molecule has 2 heterocycles. The van der Waals surface area contributed by atoms with Gasteiger partial charge in [-0.15, -0.1) is 11.3 Å². The number of benzene rings is 2. The Balaban J connectivity index is 1.41. The number of piperazine rings is 1. The number of amides is 1. The second-order valence-electron chi connectivity index (χ2n) is 6.75. The van der Waals surface area contributed by atoms with Crippen molar-refractivity contribution in [1.29, 1.82) is 0 Å². The van der Waals surface area contributed by atoms with Gasteiger partial charge >= 0.3 is 0 Å². The van der Waals surface area contributed by atoms with Crippen molar-refractivity contribution in [2.24, 2.45) is 0 Å². The average Bonchev–Trinajstić information content (AvgIpc) is 3.21.